The van der Waals surface area contributed by atoms with Gasteiger partial charge in [-0.25, -0.2) is 0 Å². The van der Waals surface area contributed by atoms with Gasteiger partial charge in [-0.15, -0.1) is 0 Å². The Bertz CT molecular complexity index is 412. The van der Waals surface area contributed by atoms with Crippen LogP contribution in [0.5, 0.6) is 0 Å². The molecule has 0 aliphatic carbocycles. The maximum absolute atomic E-state index is 11.9. The molecule has 1 aromatic carbocycles. The fourth-order valence-corrected chi connectivity index (χ4v) is 2.19. The Morgan fingerprint density at radius 3 is 2.88 bits per heavy atom. The third-order valence-electron chi connectivity index (χ3n) is 3.11. The maximum Gasteiger partial charge on any atom is 0.225 e. The van der Waals surface area contributed by atoms with Gasteiger partial charge in [-0.2, -0.15) is 0 Å². The number of hydrogen-bond donors (Lipinski definition) is 1. The lowest BCUT2D eigenvalue weighted by Crippen LogP contribution is -2.38. The number of hydrogen-bond acceptors (Lipinski definition) is 2. The summed E-state index contributed by atoms with van der Waals surface area (Å²) in [6.45, 7) is 5.38. The number of benzene rings is 1. The summed E-state index contributed by atoms with van der Waals surface area (Å²) in [5.41, 5.74) is 9.19. The van der Waals surface area contributed by atoms with Gasteiger partial charge in [0.25, 0.3) is 0 Å². The smallest absolute Gasteiger partial charge is 0.225 e. The first-order valence-electron chi connectivity index (χ1n) is 5.74. The summed E-state index contributed by atoms with van der Waals surface area (Å²) in [5, 5.41) is 0. The van der Waals surface area contributed by atoms with Crippen LogP contribution < -0.4 is 5.73 Å². The Morgan fingerprint density at radius 2 is 2.19 bits per heavy atom. The molecule has 16 heavy (non-hydrogen) atoms. The van der Waals surface area contributed by atoms with Crippen LogP contribution in [-0.4, -0.2) is 17.4 Å². The predicted molar refractivity (Wildman–Crippen MR) is 64.8 cm³/mol. The standard InChI is InChI=1S/C13H18N2O/c1-9(2)13(16)15-7-6-11-10(8-15)4-3-5-12(11)14/h3-5,9H,6-8,14H2,1-2H3. The molecule has 0 fully saturated rings. The van der Waals surface area contributed by atoms with E-state index < -0.39 is 0 Å². The lowest BCUT2D eigenvalue weighted by Gasteiger charge is -2.30. The minimum atomic E-state index is 0.0719. The van der Waals surface area contributed by atoms with Crippen LogP contribution in [-0.2, 0) is 17.8 Å². The average Bonchev–Trinajstić information content (AvgIpc) is 2.28. The molecule has 0 aromatic heterocycles. The summed E-state index contributed by atoms with van der Waals surface area (Å²) in [6, 6.07) is 5.95. The monoisotopic (exact) mass is 218 g/mol. The zero-order chi connectivity index (χ0) is 11.7. The highest BCUT2D eigenvalue weighted by Gasteiger charge is 2.23. The molecular weight excluding hydrogens is 200 g/mol. The molecule has 2 N–H and O–H groups in total. The number of nitrogens with two attached hydrogens (primary N) is 1. The molecule has 0 radical (unpaired) electrons. The van der Waals surface area contributed by atoms with Crippen molar-refractivity contribution in [3.63, 3.8) is 0 Å². The molecule has 0 bridgehead atoms. The van der Waals surface area contributed by atoms with E-state index in [1.54, 1.807) is 0 Å². The normalized spacial score (nSPS) is 15.1. The lowest BCUT2D eigenvalue weighted by molar-refractivity contribution is -0.135. The molecular formula is C13H18N2O. The van der Waals surface area contributed by atoms with Crippen LogP contribution in [0.1, 0.15) is 25.0 Å². The van der Waals surface area contributed by atoms with E-state index in [-0.39, 0.29) is 11.8 Å². The number of anilines is 1. The van der Waals surface area contributed by atoms with Crippen molar-refractivity contribution in [2.45, 2.75) is 26.8 Å². The van der Waals surface area contributed by atoms with E-state index in [2.05, 4.69) is 6.07 Å². The van der Waals surface area contributed by atoms with Gasteiger partial charge in [-0.3, -0.25) is 4.79 Å². The van der Waals surface area contributed by atoms with Crippen molar-refractivity contribution in [1.82, 2.24) is 4.90 Å². The zero-order valence-electron chi connectivity index (χ0n) is 9.86. The molecule has 0 unspecified atom stereocenters. The molecule has 1 aromatic rings. The van der Waals surface area contributed by atoms with Gasteiger partial charge in [-0.05, 0) is 23.6 Å². The van der Waals surface area contributed by atoms with Crippen molar-refractivity contribution in [3.8, 4) is 0 Å². The highest BCUT2D eigenvalue weighted by atomic mass is 16.2. The summed E-state index contributed by atoms with van der Waals surface area (Å²) < 4.78 is 0. The number of carbonyl (C=O) groups is 1. The average molecular weight is 218 g/mol. The van der Waals surface area contributed by atoms with Crippen molar-refractivity contribution in [2.24, 2.45) is 5.92 Å². The van der Waals surface area contributed by atoms with Gasteiger partial charge >= 0.3 is 0 Å². The number of rotatable bonds is 1. The second-order valence-electron chi connectivity index (χ2n) is 4.65. The number of fused-ring (bicyclic) bond motifs is 1. The van der Waals surface area contributed by atoms with E-state index in [1.165, 1.54) is 11.1 Å². The second kappa shape index (κ2) is 4.16. The summed E-state index contributed by atoms with van der Waals surface area (Å²) in [5.74, 6) is 0.302. The van der Waals surface area contributed by atoms with Crippen LogP contribution in [0.15, 0.2) is 18.2 Å². The molecule has 1 aliphatic heterocycles. The first-order chi connectivity index (χ1) is 7.59. The predicted octanol–water partition coefficient (Wildman–Crippen LogP) is 1.81. The van der Waals surface area contributed by atoms with Gasteiger partial charge < -0.3 is 10.6 Å². The number of nitrogens with zero attached hydrogens (tertiary/aromatic N) is 1. The summed E-state index contributed by atoms with van der Waals surface area (Å²) in [6.07, 6.45) is 0.875. The van der Waals surface area contributed by atoms with E-state index in [1.807, 2.05) is 30.9 Å². The maximum atomic E-state index is 11.9. The van der Waals surface area contributed by atoms with Gasteiger partial charge in [0.1, 0.15) is 0 Å². The van der Waals surface area contributed by atoms with E-state index in [0.717, 1.165) is 18.7 Å². The number of nitrogen functional groups attached to an aromatic ring is 1. The van der Waals surface area contributed by atoms with E-state index in [4.69, 9.17) is 5.73 Å². The van der Waals surface area contributed by atoms with Crippen molar-refractivity contribution in [3.05, 3.63) is 29.3 Å². The fraction of sp³-hybridized carbons (Fsp3) is 0.462. The number of amides is 1. The zero-order valence-corrected chi connectivity index (χ0v) is 9.86. The van der Waals surface area contributed by atoms with Crippen molar-refractivity contribution < 1.29 is 4.79 Å². The minimum absolute atomic E-state index is 0.0719. The quantitative estimate of drug-likeness (QED) is 0.731. The molecule has 0 saturated carbocycles. The topological polar surface area (TPSA) is 46.3 Å². The Hall–Kier alpha value is -1.51. The van der Waals surface area contributed by atoms with Crippen molar-refractivity contribution >= 4 is 11.6 Å². The Labute approximate surface area is 96.2 Å². The third-order valence-corrected chi connectivity index (χ3v) is 3.11. The first kappa shape index (κ1) is 11.0. The Kier molecular flexibility index (Phi) is 2.86. The SMILES string of the molecule is CC(C)C(=O)N1CCc2c(N)cccc2C1. The van der Waals surface area contributed by atoms with Gasteiger partial charge in [0.2, 0.25) is 5.91 Å². The van der Waals surface area contributed by atoms with Gasteiger partial charge in [-0.1, -0.05) is 26.0 Å². The molecule has 86 valence electrons. The molecule has 0 atom stereocenters. The summed E-state index contributed by atoms with van der Waals surface area (Å²) >= 11 is 0. The molecule has 1 heterocycles. The minimum Gasteiger partial charge on any atom is -0.398 e. The fourth-order valence-electron chi connectivity index (χ4n) is 2.19. The van der Waals surface area contributed by atoms with Crippen LogP contribution in [0, 0.1) is 5.92 Å². The van der Waals surface area contributed by atoms with Crippen molar-refractivity contribution in [1.29, 1.82) is 0 Å². The second-order valence-corrected chi connectivity index (χ2v) is 4.65. The first-order valence-corrected chi connectivity index (χ1v) is 5.74. The van der Waals surface area contributed by atoms with Crippen LogP contribution in [0.4, 0.5) is 5.69 Å². The van der Waals surface area contributed by atoms with Crippen LogP contribution in [0.2, 0.25) is 0 Å². The number of carbonyl (C=O) groups excluding carboxylic acids is 1. The molecule has 3 heteroatoms. The molecule has 2 rings (SSSR count). The van der Waals surface area contributed by atoms with E-state index >= 15 is 0 Å². The molecule has 0 spiro atoms. The highest BCUT2D eigenvalue weighted by molar-refractivity contribution is 5.78. The lowest BCUT2D eigenvalue weighted by atomic mass is 9.97. The molecule has 3 nitrogen and oxygen atoms in total. The van der Waals surface area contributed by atoms with E-state index in [9.17, 15) is 4.79 Å². The van der Waals surface area contributed by atoms with Gasteiger partial charge in [0.15, 0.2) is 0 Å². The Morgan fingerprint density at radius 1 is 1.44 bits per heavy atom. The van der Waals surface area contributed by atoms with Crippen LogP contribution >= 0.6 is 0 Å². The molecule has 1 aliphatic rings. The van der Waals surface area contributed by atoms with E-state index in [0.29, 0.717) is 6.54 Å². The third kappa shape index (κ3) is 1.90. The van der Waals surface area contributed by atoms with Gasteiger partial charge in [0.05, 0.1) is 0 Å². The summed E-state index contributed by atoms with van der Waals surface area (Å²) in [4.78, 5) is 13.8. The summed E-state index contributed by atoms with van der Waals surface area (Å²) in [7, 11) is 0. The van der Waals surface area contributed by atoms with Gasteiger partial charge in [0, 0.05) is 24.7 Å². The molecule has 0 saturated heterocycles. The largest absolute Gasteiger partial charge is 0.398 e. The Balaban J connectivity index is 2.21. The van der Waals surface area contributed by atoms with Crippen molar-refractivity contribution in [2.75, 3.05) is 12.3 Å². The van der Waals surface area contributed by atoms with Crippen LogP contribution in [0.25, 0.3) is 0 Å². The van der Waals surface area contributed by atoms with Crippen LogP contribution in [0.3, 0.4) is 0 Å². The molecule has 1 amide bonds. The highest BCUT2D eigenvalue weighted by Crippen LogP contribution is 2.24.